The van der Waals surface area contributed by atoms with E-state index in [0.717, 1.165) is 13.1 Å². The van der Waals surface area contributed by atoms with Crippen LogP contribution in [-0.4, -0.2) is 47.6 Å². The molecule has 1 rings (SSSR count). The van der Waals surface area contributed by atoms with Crippen LogP contribution in [0.15, 0.2) is 0 Å². The summed E-state index contributed by atoms with van der Waals surface area (Å²) >= 11 is 16.3. The zero-order chi connectivity index (χ0) is 10.6. The van der Waals surface area contributed by atoms with Crippen LogP contribution in [0.3, 0.4) is 0 Å². The maximum absolute atomic E-state index is 11.3. The highest BCUT2D eigenvalue weighted by Crippen LogP contribution is 2.26. The van der Waals surface area contributed by atoms with Gasteiger partial charge in [0.25, 0.3) is 0 Å². The summed E-state index contributed by atoms with van der Waals surface area (Å²) in [7, 11) is 0. The van der Waals surface area contributed by atoms with Crippen molar-refractivity contribution in [2.24, 2.45) is 0 Å². The number of hydrogen-bond acceptors (Lipinski definition) is 3. The first kappa shape index (κ1) is 15.4. The van der Waals surface area contributed by atoms with Gasteiger partial charge in [-0.15, -0.1) is 12.4 Å². The highest BCUT2D eigenvalue weighted by atomic mass is 35.6. The molecule has 90 valence electrons. The Kier molecular flexibility index (Phi) is 7.04. The van der Waals surface area contributed by atoms with Gasteiger partial charge in [0.05, 0.1) is 0 Å². The fourth-order valence-corrected chi connectivity index (χ4v) is 1.25. The zero-order valence-electron chi connectivity index (χ0n) is 7.84. The number of carbonyl (C=O) groups excluding carboxylic acids is 1. The zero-order valence-corrected chi connectivity index (χ0v) is 10.9. The second kappa shape index (κ2) is 6.86. The molecule has 1 aliphatic rings. The summed E-state index contributed by atoms with van der Waals surface area (Å²) in [6.45, 7) is 2.56. The van der Waals surface area contributed by atoms with E-state index >= 15 is 0 Å². The molecule has 1 N–H and O–H groups in total. The lowest BCUT2D eigenvalue weighted by Crippen LogP contribution is -2.47. The summed E-state index contributed by atoms with van der Waals surface area (Å²) in [6.07, 6.45) is -0.433. The minimum Gasteiger partial charge on any atom is -0.445 e. The summed E-state index contributed by atoms with van der Waals surface area (Å²) in [5.74, 6) is 0. The van der Waals surface area contributed by atoms with E-state index in [9.17, 15) is 4.79 Å². The summed E-state index contributed by atoms with van der Waals surface area (Å²) in [5, 5.41) is 3.11. The van der Waals surface area contributed by atoms with Crippen molar-refractivity contribution in [1.29, 1.82) is 0 Å². The predicted octanol–water partition coefficient (Wildman–Crippen LogP) is 1.82. The Bertz CT molecular complexity index is 204. The van der Waals surface area contributed by atoms with Gasteiger partial charge < -0.3 is 15.0 Å². The monoisotopic (exact) mass is 296 g/mol. The van der Waals surface area contributed by atoms with E-state index in [1.165, 1.54) is 0 Å². The number of halogens is 4. The maximum atomic E-state index is 11.3. The van der Waals surface area contributed by atoms with Crippen molar-refractivity contribution < 1.29 is 9.53 Å². The largest absolute Gasteiger partial charge is 0.445 e. The molecular weight excluding hydrogens is 286 g/mol. The molecule has 4 nitrogen and oxygen atoms in total. The van der Waals surface area contributed by atoms with Gasteiger partial charge in [-0.05, 0) is 0 Å². The minimum atomic E-state index is -1.54. The summed E-state index contributed by atoms with van der Waals surface area (Å²) < 4.78 is 3.27. The number of amides is 1. The van der Waals surface area contributed by atoms with Crippen molar-refractivity contribution in [2.45, 2.75) is 3.79 Å². The third-order valence-corrected chi connectivity index (χ3v) is 2.06. The molecule has 1 saturated heterocycles. The van der Waals surface area contributed by atoms with E-state index in [4.69, 9.17) is 39.5 Å². The van der Waals surface area contributed by atoms with Crippen molar-refractivity contribution in [3.8, 4) is 0 Å². The number of nitrogens with one attached hydrogen (secondary N) is 1. The minimum absolute atomic E-state index is 0. The molecule has 0 aliphatic carbocycles. The Balaban J connectivity index is 0.00000196. The van der Waals surface area contributed by atoms with Crippen LogP contribution in [0, 0.1) is 0 Å². The molecule has 0 bridgehead atoms. The van der Waals surface area contributed by atoms with Crippen LogP contribution in [-0.2, 0) is 4.74 Å². The molecule has 1 aliphatic heterocycles. The second-order valence-electron chi connectivity index (χ2n) is 2.91. The van der Waals surface area contributed by atoms with E-state index < -0.39 is 9.89 Å². The molecule has 1 fully saturated rings. The lowest BCUT2D eigenvalue weighted by Gasteiger charge is -2.27. The van der Waals surface area contributed by atoms with Crippen molar-refractivity contribution in [3.05, 3.63) is 0 Å². The number of alkyl halides is 3. The molecule has 0 unspecified atom stereocenters. The van der Waals surface area contributed by atoms with Gasteiger partial charge in [0.2, 0.25) is 3.79 Å². The standard InChI is InChI=1S/C7H11Cl3N2O2.ClH/c8-7(9,10)5-14-6(13)12-3-1-11-2-4-12;/h11H,1-5H2;1H. The van der Waals surface area contributed by atoms with Crippen LogP contribution in [0.5, 0.6) is 0 Å². The second-order valence-corrected chi connectivity index (χ2v) is 5.42. The first-order valence-corrected chi connectivity index (χ1v) is 5.31. The van der Waals surface area contributed by atoms with Gasteiger partial charge in [0.15, 0.2) is 0 Å². The van der Waals surface area contributed by atoms with Crippen LogP contribution >= 0.6 is 47.2 Å². The Labute approximate surface area is 110 Å². The smallest absolute Gasteiger partial charge is 0.409 e. The third kappa shape index (κ3) is 6.53. The molecular formula is C7H12Cl4N2O2. The third-order valence-electron chi connectivity index (χ3n) is 1.73. The molecule has 15 heavy (non-hydrogen) atoms. The first-order chi connectivity index (χ1) is 6.49. The molecule has 0 spiro atoms. The van der Waals surface area contributed by atoms with E-state index in [0.29, 0.717) is 13.1 Å². The normalized spacial score (nSPS) is 16.9. The average Bonchev–Trinajstić information content (AvgIpc) is 2.14. The van der Waals surface area contributed by atoms with Gasteiger partial charge in [-0.1, -0.05) is 34.8 Å². The van der Waals surface area contributed by atoms with E-state index in [1.807, 2.05) is 0 Å². The lowest BCUT2D eigenvalue weighted by molar-refractivity contribution is 0.0993. The quantitative estimate of drug-likeness (QED) is 0.751. The Morgan fingerprint density at radius 2 is 1.87 bits per heavy atom. The van der Waals surface area contributed by atoms with Crippen LogP contribution in [0.25, 0.3) is 0 Å². The predicted molar refractivity (Wildman–Crippen MR) is 63.3 cm³/mol. The van der Waals surface area contributed by atoms with Gasteiger partial charge >= 0.3 is 6.09 Å². The topological polar surface area (TPSA) is 41.6 Å². The molecule has 1 amide bonds. The van der Waals surface area contributed by atoms with Crippen LogP contribution in [0.1, 0.15) is 0 Å². The van der Waals surface area contributed by atoms with E-state index in [1.54, 1.807) is 4.90 Å². The number of hydrogen-bond donors (Lipinski definition) is 1. The van der Waals surface area contributed by atoms with Crippen LogP contribution < -0.4 is 5.32 Å². The number of rotatable bonds is 1. The van der Waals surface area contributed by atoms with Crippen molar-refractivity contribution in [3.63, 3.8) is 0 Å². The highest BCUT2D eigenvalue weighted by molar-refractivity contribution is 6.67. The van der Waals surface area contributed by atoms with Gasteiger partial charge in [-0.3, -0.25) is 0 Å². The number of carbonyl (C=O) groups is 1. The van der Waals surface area contributed by atoms with Gasteiger partial charge in [-0.2, -0.15) is 0 Å². The first-order valence-electron chi connectivity index (χ1n) is 4.18. The summed E-state index contributed by atoms with van der Waals surface area (Å²) in [4.78, 5) is 12.9. The highest BCUT2D eigenvalue weighted by Gasteiger charge is 2.24. The Morgan fingerprint density at radius 1 is 1.33 bits per heavy atom. The Hall–Kier alpha value is 0.390. The van der Waals surface area contributed by atoms with Crippen molar-refractivity contribution in [2.75, 3.05) is 32.8 Å². The molecule has 0 aromatic heterocycles. The molecule has 0 aromatic rings. The van der Waals surface area contributed by atoms with E-state index in [2.05, 4.69) is 5.32 Å². The van der Waals surface area contributed by atoms with Gasteiger partial charge in [0.1, 0.15) is 6.61 Å². The SMILES string of the molecule is Cl.O=C(OCC(Cl)(Cl)Cl)N1CCNCC1. The molecule has 0 radical (unpaired) electrons. The lowest BCUT2D eigenvalue weighted by atomic mass is 10.4. The summed E-state index contributed by atoms with van der Waals surface area (Å²) in [6, 6.07) is 0. The molecule has 8 heteroatoms. The number of piperazine rings is 1. The fourth-order valence-electron chi connectivity index (χ4n) is 1.08. The molecule has 1 heterocycles. The summed E-state index contributed by atoms with van der Waals surface area (Å²) in [5.41, 5.74) is 0. The molecule has 0 saturated carbocycles. The fraction of sp³-hybridized carbons (Fsp3) is 0.857. The van der Waals surface area contributed by atoms with Crippen LogP contribution in [0.2, 0.25) is 0 Å². The average molecular weight is 298 g/mol. The number of nitrogens with zero attached hydrogens (tertiary/aromatic N) is 1. The Morgan fingerprint density at radius 3 is 2.33 bits per heavy atom. The molecule has 0 aromatic carbocycles. The van der Waals surface area contributed by atoms with Gasteiger partial charge in [0, 0.05) is 26.2 Å². The van der Waals surface area contributed by atoms with Crippen molar-refractivity contribution in [1.82, 2.24) is 10.2 Å². The van der Waals surface area contributed by atoms with Crippen LogP contribution in [0.4, 0.5) is 4.79 Å². The van der Waals surface area contributed by atoms with E-state index in [-0.39, 0.29) is 19.0 Å². The molecule has 0 atom stereocenters. The maximum Gasteiger partial charge on any atom is 0.409 e. The number of ether oxygens (including phenoxy) is 1. The van der Waals surface area contributed by atoms with Gasteiger partial charge in [-0.25, -0.2) is 4.79 Å². The van der Waals surface area contributed by atoms with Crippen molar-refractivity contribution >= 4 is 53.3 Å².